The number of ether oxygens (including phenoxy) is 1. The van der Waals surface area contributed by atoms with E-state index in [1.165, 1.54) is 0 Å². The Kier molecular flexibility index (Phi) is 12.1. The third-order valence-corrected chi connectivity index (χ3v) is 2.66. The second kappa shape index (κ2) is 11.8. The number of nitrogens with zero attached hydrogens (tertiary/aromatic N) is 1. The first kappa shape index (κ1) is 22.5. The molecule has 1 unspecified atom stereocenters. The molecule has 1 rings (SSSR count). The van der Waals surface area contributed by atoms with Gasteiger partial charge in [-0.3, -0.25) is 9.59 Å². The van der Waals surface area contributed by atoms with Crippen molar-refractivity contribution in [3.63, 3.8) is 0 Å². The molecule has 0 saturated carbocycles. The Morgan fingerprint density at radius 1 is 1.36 bits per heavy atom. The number of nitrogens with one attached hydrogen (secondary N) is 1. The molecule has 7 nitrogen and oxygen atoms in total. The van der Waals surface area contributed by atoms with Gasteiger partial charge >= 0.3 is 6.09 Å². The average Bonchev–Trinajstić information content (AvgIpc) is 2.84. The summed E-state index contributed by atoms with van der Waals surface area (Å²) < 4.78 is 5.06. The first-order valence-electron chi connectivity index (χ1n) is 7.55. The monoisotopic (exact) mass is 318 g/mol. The normalized spacial score (nSPS) is 16.5. The van der Waals surface area contributed by atoms with Crippen molar-refractivity contribution in [3.8, 4) is 0 Å². The molecule has 1 saturated heterocycles. The third kappa shape index (κ3) is 10.9. The van der Waals surface area contributed by atoms with E-state index >= 15 is 0 Å². The molecule has 7 heteroatoms. The summed E-state index contributed by atoms with van der Waals surface area (Å²) in [6.07, 6.45) is 1.54. The Morgan fingerprint density at radius 2 is 1.86 bits per heavy atom. The summed E-state index contributed by atoms with van der Waals surface area (Å²) >= 11 is 0. The van der Waals surface area contributed by atoms with Crippen LogP contribution in [0.5, 0.6) is 0 Å². The summed E-state index contributed by atoms with van der Waals surface area (Å²) in [5, 5.41) is 9.37. The van der Waals surface area contributed by atoms with E-state index in [2.05, 4.69) is 5.32 Å². The average molecular weight is 318 g/mol. The second-order valence-corrected chi connectivity index (χ2v) is 5.54. The highest BCUT2D eigenvalue weighted by Crippen LogP contribution is 2.15. The maximum atomic E-state index is 11.8. The van der Waals surface area contributed by atoms with Gasteiger partial charge in [-0.25, -0.2) is 4.79 Å². The Labute approximate surface area is 133 Å². The third-order valence-electron chi connectivity index (χ3n) is 2.66. The van der Waals surface area contributed by atoms with Crippen LogP contribution >= 0.6 is 0 Å². The van der Waals surface area contributed by atoms with Crippen molar-refractivity contribution in [2.45, 2.75) is 66.0 Å². The van der Waals surface area contributed by atoms with Gasteiger partial charge in [0.05, 0.1) is 0 Å². The van der Waals surface area contributed by atoms with Crippen molar-refractivity contribution in [1.29, 1.82) is 0 Å². The second-order valence-electron chi connectivity index (χ2n) is 5.54. The standard InChI is InChI=1S/C12H22N2O3.C2H6.CH2O2/c1-9-6-5-7-14(9)10(15)8-13-11(16)17-12(2,3)4;1-2;2-1-3/h9H,5-8H2,1-4H3,(H,13,16);1-2H3;1H,(H,2,3). The molecule has 1 aliphatic rings. The van der Waals surface area contributed by atoms with E-state index in [1.807, 2.05) is 20.8 Å². The van der Waals surface area contributed by atoms with E-state index in [9.17, 15) is 9.59 Å². The molecule has 22 heavy (non-hydrogen) atoms. The van der Waals surface area contributed by atoms with Crippen LogP contribution in [-0.4, -0.2) is 53.2 Å². The van der Waals surface area contributed by atoms with Crippen LogP contribution < -0.4 is 5.32 Å². The van der Waals surface area contributed by atoms with Crippen LogP contribution in [0.15, 0.2) is 0 Å². The number of carboxylic acid groups (broad SMARTS) is 1. The van der Waals surface area contributed by atoms with Crippen molar-refractivity contribution in [2.24, 2.45) is 0 Å². The molecule has 1 atom stereocenters. The predicted molar refractivity (Wildman–Crippen MR) is 84.7 cm³/mol. The first-order chi connectivity index (χ1) is 10.2. The van der Waals surface area contributed by atoms with Gasteiger partial charge in [0.25, 0.3) is 6.47 Å². The van der Waals surface area contributed by atoms with Gasteiger partial charge in [-0.2, -0.15) is 0 Å². The molecule has 1 aliphatic heterocycles. The largest absolute Gasteiger partial charge is 0.483 e. The van der Waals surface area contributed by atoms with Crippen molar-refractivity contribution in [3.05, 3.63) is 0 Å². The van der Waals surface area contributed by atoms with E-state index in [-0.39, 0.29) is 25.0 Å². The molecular weight excluding hydrogens is 288 g/mol. The zero-order valence-electron chi connectivity index (χ0n) is 14.5. The molecule has 0 aromatic rings. The molecule has 0 aliphatic carbocycles. The van der Waals surface area contributed by atoms with Gasteiger partial charge in [-0.15, -0.1) is 0 Å². The van der Waals surface area contributed by atoms with Gasteiger partial charge in [0.15, 0.2) is 0 Å². The summed E-state index contributed by atoms with van der Waals surface area (Å²) in [5.74, 6) is -0.0409. The minimum atomic E-state index is -0.544. The number of alkyl carbamates (subject to hydrolysis) is 1. The summed E-state index contributed by atoms with van der Waals surface area (Å²) in [4.78, 5) is 33.3. The van der Waals surface area contributed by atoms with Crippen LogP contribution in [0.1, 0.15) is 54.4 Å². The summed E-state index contributed by atoms with van der Waals surface area (Å²) in [6, 6.07) is 0.280. The summed E-state index contributed by atoms with van der Waals surface area (Å²) in [7, 11) is 0. The minimum absolute atomic E-state index is 0.0131. The number of amides is 2. The number of carbonyl (C=O) groups excluding carboxylic acids is 2. The fourth-order valence-electron chi connectivity index (χ4n) is 1.87. The first-order valence-corrected chi connectivity index (χ1v) is 7.55. The van der Waals surface area contributed by atoms with Crippen molar-refractivity contribution < 1.29 is 24.2 Å². The van der Waals surface area contributed by atoms with E-state index in [0.717, 1.165) is 19.4 Å². The maximum Gasteiger partial charge on any atom is 0.408 e. The molecule has 0 bridgehead atoms. The highest BCUT2D eigenvalue weighted by molar-refractivity contribution is 5.82. The van der Waals surface area contributed by atoms with E-state index < -0.39 is 11.7 Å². The molecule has 2 N–H and O–H groups in total. The van der Waals surface area contributed by atoms with Gasteiger partial charge < -0.3 is 20.1 Å². The molecule has 1 fully saturated rings. The van der Waals surface area contributed by atoms with Gasteiger partial charge in [0, 0.05) is 12.6 Å². The smallest absolute Gasteiger partial charge is 0.408 e. The number of rotatable bonds is 2. The zero-order chi connectivity index (χ0) is 17.8. The lowest BCUT2D eigenvalue weighted by atomic mass is 10.2. The SMILES string of the molecule is CC.CC1CCCN1C(=O)CNC(=O)OC(C)(C)C.O=CO. The molecule has 2 amide bonds. The minimum Gasteiger partial charge on any atom is -0.483 e. The lowest BCUT2D eigenvalue weighted by Crippen LogP contribution is -2.43. The topological polar surface area (TPSA) is 95.9 Å². The van der Waals surface area contributed by atoms with Crippen LogP contribution in [0.4, 0.5) is 4.79 Å². The van der Waals surface area contributed by atoms with Gasteiger partial charge in [-0.05, 0) is 40.5 Å². The molecule has 1 heterocycles. The van der Waals surface area contributed by atoms with Crippen molar-refractivity contribution in [1.82, 2.24) is 10.2 Å². The fraction of sp³-hybridized carbons (Fsp3) is 0.800. The molecule has 0 aromatic heterocycles. The molecule has 0 radical (unpaired) electrons. The van der Waals surface area contributed by atoms with Gasteiger partial charge in [-0.1, -0.05) is 13.8 Å². The van der Waals surface area contributed by atoms with Crippen LogP contribution in [0, 0.1) is 0 Å². The summed E-state index contributed by atoms with van der Waals surface area (Å²) in [6.45, 7) is 11.9. The van der Waals surface area contributed by atoms with Gasteiger partial charge in [0.1, 0.15) is 12.1 Å². The van der Waals surface area contributed by atoms with Crippen molar-refractivity contribution >= 4 is 18.5 Å². The molecule has 130 valence electrons. The Balaban J connectivity index is 0. The van der Waals surface area contributed by atoms with E-state index in [0.29, 0.717) is 0 Å². The van der Waals surface area contributed by atoms with Crippen LogP contribution in [0.3, 0.4) is 0 Å². The van der Waals surface area contributed by atoms with Crippen LogP contribution in [0.2, 0.25) is 0 Å². The van der Waals surface area contributed by atoms with Crippen LogP contribution in [0.25, 0.3) is 0 Å². The Hall–Kier alpha value is -1.79. The molecule has 0 spiro atoms. The lowest BCUT2D eigenvalue weighted by Gasteiger charge is -2.23. The predicted octanol–water partition coefficient (Wildman–Crippen LogP) is 2.25. The number of hydrogen-bond acceptors (Lipinski definition) is 4. The number of likely N-dealkylation sites (tertiary alicyclic amines) is 1. The number of hydrogen-bond donors (Lipinski definition) is 2. The summed E-state index contributed by atoms with van der Waals surface area (Å²) in [5.41, 5.74) is -0.534. The van der Waals surface area contributed by atoms with Crippen LogP contribution in [-0.2, 0) is 14.3 Å². The molecular formula is C15H30N2O5. The highest BCUT2D eigenvalue weighted by Gasteiger charge is 2.25. The number of carbonyl (C=O) groups is 3. The van der Waals surface area contributed by atoms with E-state index in [1.54, 1.807) is 25.7 Å². The van der Waals surface area contributed by atoms with Gasteiger partial charge in [0.2, 0.25) is 5.91 Å². The van der Waals surface area contributed by atoms with E-state index in [4.69, 9.17) is 14.6 Å². The quantitative estimate of drug-likeness (QED) is 0.761. The Bertz CT molecular complexity index is 339. The lowest BCUT2D eigenvalue weighted by molar-refractivity contribution is -0.130. The zero-order valence-corrected chi connectivity index (χ0v) is 14.5. The molecule has 0 aromatic carbocycles. The highest BCUT2D eigenvalue weighted by atomic mass is 16.6. The fourth-order valence-corrected chi connectivity index (χ4v) is 1.87. The maximum absolute atomic E-state index is 11.8. The Morgan fingerprint density at radius 3 is 2.23 bits per heavy atom. The van der Waals surface area contributed by atoms with Crippen molar-refractivity contribution in [2.75, 3.05) is 13.1 Å².